The standard InChI is InChI=1S/C21H27N3O3.C11H20N2O.C7H7Cl/c1-6-23(4)17-7-8-20(22-12-17)24-13-16-10-19(27-14(2)3)18(26-5)9-15(16)11-21(24)25;1-2-12-9-13(8-11(12)14)10-6-4-3-5-7-10;1-6-2-4-7(8)5-3-6/h7-10,12,14H,6,11,13H2,1-5H3;10H,2-9H2,1H3;2-5H,1H3. The molecule has 6 rings (SSSR count). The van der Waals surface area contributed by atoms with Gasteiger partial charge in [0, 0.05) is 31.2 Å². The molecule has 2 aromatic carbocycles. The molecule has 1 aliphatic carbocycles. The number of ether oxygens (including phenoxy) is 2. The maximum Gasteiger partial charge on any atom is 0.237 e. The number of anilines is 2. The minimum absolute atomic E-state index is 0.0335. The second-order valence-corrected chi connectivity index (χ2v) is 13.6. The predicted octanol–water partition coefficient (Wildman–Crippen LogP) is 7.51. The highest BCUT2D eigenvalue weighted by molar-refractivity contribution is 6.30. The lowest BCUT2D eigenvalue weighted by atomic mass is 9.94. The molecule has 2 fully saturated rings. The molecule has 3 aromatic rings. The molecule has 0 unspecified atom stereocenters. The van der Waals surface area contributed by atoms with E-state index in [9.17, 15) is 9.59 Å². The largest absolute Gasteiger partial charge is 0.493 e. The van der Waals surface area contributed by atoms with Gasteiger partial charge in [0.15, 0.2) is 11.5 Å². The Hall–Kier alpha value is -3.82. The SMILES string of the molecule is CCN(C)c1ccc(N2Cc3cc(OC(C)C)c(OC)cc3CC2=O)nc1.CCN1CN(C2CCCCC2)CC1=O.Cc1ccc(Cl)cc1. The summed E-state index contributed by atoms with van der Waals surface area (Å²) in [4.78, 5) is 36.9. The molecule has 1 saturated carbocycles. The van der Waals surface area contributed by atoms with Crippen molar-refractivity contribution >= 4 is 34.9 Å². The summed E-state index contributed by atoms with van der Waals surface area (Å²) in [5.41, 5.74) is 4.31. The number of rotatable bonds is 8. The Morgan fingerprint density at radius 1 is 0.939 bits per heavy atom. The monoisotopic (exact) mass is 691 g/mol. The molecule has 0 N–H and O–H groups in total. The first-order valence-electron chi connectivity index (χ1n) is 17.6. The summed E-state index contributed by atoms with van der Waals surface area (Å²) in [7, 11) is 3.63. The van der Waals surface area contributed by atoms with Crippen LogP contribution in [0.5, 0.6) is 11.5 Å². The molecule has 2 amide bonds. The Labute approximate surface area is 298 Å². The van der Waals surface area contributed by atoms with Gasteiger partial charge in [0.2, 0.25) is 11.8 Å². The van der Waals surface area contributed by atoms with Gasteiger partial charge in [0.05, 0.1) is 51.3 Å². The Bertz CT molecular complexity index is 1490. The highest BCUT2D eigenvalue weighted by Crippen LogP contribution is 2.35. The lowest BCUT2D eigenvalue weighted by Gasteiger charge is -2.30. The average molecular weight is 692 g/mol. The van der Waals surface area contributed by atoms with Gasteiger partial charge in [-0.3, -0.25) is 19.4 Å². The fraction of sp³-hybridized carbons (Fsp3) is 0.513. The van der Waals surface area contributed by atoms with E-state index in [0.717, 1.165) is 41.6 Å². The minimum Gasteiger partial charge on any atom is -0.493 e. The molecule has 3 heterocycles. The molecule has 0 bridgehead atoms. The van der Waals surface area contributed by atoms with Crippen LogP contribution in [0.4, 0.5) is 11.5 Å². The molecule has 9 nitrogen and oxygen atoms in total. The fourth-order valence-electron chi connectivity index (χ4n) is 6.26. The van der Waals surface area contributed by atoms with Gasteiger partial charge in [-0.1, -0.05) is 48.6 Å². The second-order valence-electron chi connectivity index (χ2n) is 13.2. The van der Waals surface area contributed by atoms with E-state index in [4.69, 9.17) is 21.1 Å². The topological polar surface area (TPSA) is 78.5 Å². The Kier molecular flexibility index (Phi) is 14.2. The van der Waals surface area contributed by atoms with Crippen molar-refractivity contribution in [1.29, 1.82) is 0 Å². The normalized spacial score (nSPS) is 16.4. The molecule has 1 saturated heterocycles. The number of amides is 2. The number of halogens is 1. The van der Waals surface area contributed by atoms with Crippen LogP contribution in [0.1, 0.15) is 76.5 Å². The zero-order chi connectivity index (χ0) is 35.5. The predicted molar refractivity (Wildman–Crippen MR) is 199 cm³/mol. The van der Waals surface area contributed by atoms with E-state index in [1.165, 1.54) is 37.7 Å². The number of fused-ring (bicyclic) bond motifs is 1. The quantitative estimate of drug-likeness (QED) is 0.242. The van der Waals surface area contributed by atoms with Gasteiger partial charge in [-0.15, -0.1) is 0 Å². The van der Waals surface area contributed by atoms with Crippen molar-refractivity contribution in [2.45, 2.75) is 91.8 Å². The summed E-state index contributed by atoms with van der Waals surface area (Å²) >= 11 is 5.61. The molecule has 0 atom stereocenters. The number of carbonyl (C=O) groups excluding carboxylic acids is 2. The number of hydrogen-bond acceptors (Lipinski definition) is 7. The molecule has 0 radical (unpaired) electrons. The van der Waals surface area contributed by atoms with Crippen LogP contribution in [-0.4, -0.2) is 79.2 Å². The lowest BCUT2D eigenvalue weighted by molar-refractivity contribution is -0.126. The first-order chi connectivity index (χ1) is 23.5. The zero-order valence-electron chi connectivity index (χ0n) is 30.4. The van der Waals surface area contributed by atoms with Gasteiger partial charge >= 0.3 is 0 Å². The van der Waals surface area contributed by atoms with E-state index in [1.807, 2.05) is 87.4 Å². The van der Waals surface area contributed by atoms with Gasteiger partial charge < -0.3 is 19.3 Å². The van der Waals surface area contributed by atoms with Crippen LogP contribution < -0.4 is 19.3 Å². The summed E-state index contributed by atoms with van der Waals surface area (Å²) in [6.45, 7) is 13.9. The summed E-state index contributed by atoms with van der Waals surface area (Å²) in [6.07, 6.45) is 8.85. The van der Waals surface area contributed by atoms with Crippen LogP contribution in [0.15, 0.2) is 54.7 Å². The van der Waals surface area contributed by atoms with Gasteiger partial charge in [-0.25, -0.2) is 4.98 Å². The summed E-state index contributed by atoms with van der Waals surface area (Å²) in [5, 5.41) is 0.801. The van der Waals surface area contributed by atoms with Crippen LogP contribution in [0, 0.1) is 6.92 Å². The van der Waals surface area contributed by atoms with Crippen molar-refractivity contribution in [3.63, 3.8) is 0 Å². The maximum atomic E-state index is 12.7. The molecule has 10 heteroatoms. The van der Waals surface area contributed by atoms with Crippen LogP contribution >= 0.6 is 11.6 Å². The highest BCUT2D eigenvalue weighted by Gasteiger charge is 2.32. The highest BCUT2D eigenvalue weighted by atomic mass is 35.5. The molecule has 1 aromatic heterocycles. The zero-order valence-corrected chi connectivity index (χ0v) is 31.1. The molecule has 2 aliphatic heterocycles. The molecule has 3 aliphatic rings. The van der Waals surface area contributed by atoms with Crippen LogP contribution in [-0.2, 0) is 22.6 Å². The molecule has 266 valence electrons. The number of benzene rings is 2. The number of pyridine rings is 1. The third-order valence-electron chi connectivity index (χ3n) is 9.27. The lowest BCUT2D eigenvalue weighted by Crippen LogP contribution is -2.36. The van der Waals surface area contributed by atoms with Gasteiger partial charge in [0.1, 0.15) is 5.82 Å². The van der Waals surface area contributed by atoms with Crippen LogP contribution in [0.25, 0.3) is 0 Å². The molecule has 0 spiro atoms. The van der Waals surface area contributed by atoms with E-state index in [1.54, 1.807) is 12.0 Å². The van der Waals surface area contributed by atoms with Crippen LogP contribution in [0.2, 0.25) is 5.02 Å². The second kappa shape index (κ2) is 18.3. The Morgan fingerprint density at radius 3 is 2.18 bits per heavy atom. The Morgan fingerprint density at radius 2 is 1.63 bits per heavy atom. The number of likely N-dealkylation sites (N-methyl/N-ethyl adjacent to an activating group) is 1. The number of carbonyl (C=O) groups is 2. The van der Waals surface area contributed by atoms with Gasteiger partial charge in [0.25, 0.3) is 0 Å². The first-order valence-corrected chi connectivity index (χ1v) is 18.0. The smallest absolute Gasteiger partial charge is 0.237 e. The van der Waals surface area contributed by atoms with Crippen LogP contribution in [0.3, 0.4) is 0 Å². The third kappa shape index (κ3) is 10.6. The van der Waals surface area contributed by atoms with E-state index in [0.29, 0.717) is 48.8 Å². The van der Waals surface area contributed by atoms with Gasteiger partial charge in [-0.2, -0.15) is 0 Å². The summed E-state index contributed by atoms with van der Waals surface area (Å²) in [6, 6.07) is 16.2. The number of aromatic nitrogens is 1. The average Bonchev–Trinajstić information content (AvgIpc) is 3.50. The van der Waals surface area contributed by atoms with E-state index >= 15 is 0 Å². The van der Waals surface area contributed by atoms with E-state index < -0.39 is 0 Å². The number of aryl methyl sites for hydroxylation is 1. The number of methoxy groups -OCH3 is 1. The summed E-state index contributed by atoms with van der Waals surface area (Å²) < 4.78 is 11.3. The maximum absolute atomic E-state index is 12.7. The summed E-state index contributed by atoms with van der Waals surface area (Å²) in [5.74, 6) is 2.38. The Balaban J connectivity index is 0.000000202. The van der Waals surface area contributed by atoms with E-state index in [2.05, 4.69) is 28.6 Å². The van der Waals surface area contributed by atoms with Crippen molar-refractivity contribution in [1.82, 2.24) is 14.8 Å². The van der Waals surface area contributed by atoms with Crippen molar-refractivity contribution < 1.29 is 19.1 Å². The van der Waals surface area contributed by atoms with Crippen molar-refractivity contribution in [3.8, 4) is 11.5 Å². The molecule has 49 heavy (non-hydrogen) atoms. The van der Waals surface area contributed by atoms with Gasteiger partial charge in [-0.05, 0) is 95.0 Å². The first kappa shape index (κ1) is 38.0. The third-order valence-corrected chi connectivity index (χ3v) is 9.52. The van der Waals surface area contributed by atoms with E-state index in [-0.39, 0.29) is 12.0 Å². The number of nitrogens with zero attached hydrogens (tertiary/aromatic N) is 5. The van der Waals surface area contributed by atoms with Crippen molar-refractivity contribution in [3.05, 3.63) is 76.4 Å². The minimum atomic E-state index is 0.0335. The van der Waals surface area contributed by atoms with Crippen molar-refractivity contribution in [2.75, 3.05) is 50.3 Å². The fourth-order valence-corrected chi connectivity index (χ4v) is 6.38. The molecular formula is C39H54ClN5O4. The molecular weight excluding hydrogens is 638 g/mol. The van der Waals surface area contributed by atoms with Crippen molar-refractivity contribution in [2.24, 2.45) is 0 Å². The number of hydrogen-bond donors (Lipinski definition) is 0.